The van der Waals surface area contributed by atoms with Gasteiger partial charge in [-0.25, -0.2) is 4.98 Å². The first-order valence-corrected chi connectivity index (χ1v) is 9.68. The molecule has 5 heteroatoms. The fourth-order valence-corrected chi connectivity index (χ4v) is 3.08. The van der Waals surface area contributed by atoms with Crippen molar-refractivity contribution in [2.45, 2.75) is 19.5 Å². The molecule has 0 spiro atoms. The van der Waals surface area contributed by atoms with Gasteiger partial charge in [0, 0.05) is 23.9 Å². The second-order valence-electron chi connectivity index (χ2n) is 6.78. The number of pyridine rings is 1. The van der Waals surface area contributed by atoms with Crippen LogP contribution in [0.4, 0.5) is 11.8 Å². The first kappa shape index (κ1) is 18.6. The fraction of sp³-hybridized carbons (Fsp3) is 0.125. The lowest BCUT2D eigenvalue weighted by Gasteiger charge is -2.17. The van der Waals surface area contributed by atoms with Crippen molar-refractivity contribution in [3.8, 4) is 11.3 Å². The van der Waals surface area contributed by atoms with E-state index in [2.05, 4.69) is 51.8 Å². The molecular formula is C24H23N5. The molecule has 0 aliphatic carbocycles. The highest BCUT2D eigenvalue weighted by atomic mass is 15.1. The SMILES string of the molecule is CC(Nc1cc(-c2ccccc2)nc(NCc2ccccn2)n1)c1ccccc1. The van der Waals surface area contributed by atoms with E-state index in [1.165, 1.54) is 5.56 Å². The minimum absolute atomic E-state index is 0.123. The number of nitrogens with zero attached hydrogens (tertiary/aromatic N) is 3. The molecule has 0 bridgehead atoms. The Morgan fingerprint density at radius 2 is 1.55 bits per heavy atom. The van der Waals surface area contributed by atoms with Gasteiger partial charge in [-0.3, -0.25) is 4.98 Å². The molecule has 0 amide bonds. The van der Waals surface area contributed by atoms with Gasteiger partial charge in [-0.15, -0.1) is 0 Å². The van der Waals surface area contributed by atoms with Crippen LogP contribution in [0, 0.1) is 0 Å². The number of nitrogens with one attached hydrogen (secondary N) is 2. The van der Waals surface area contributed by atoms with Crippen LogP contribution in [0.25, 0.3) is 11.3 Å². The summed E-state index contributed by atoms with van der Waals surface area (Å²) in [6.07, 6.45) is 1.78. The summed E-state index contributed by atoms with van der Waals surface area (Å²) in [7, 11) is 0. The lowest BCUT2D eigenvalue weighted by molar-refractivity contribution is 0.871. The Kier molecular flexibility index (Phi) is 5.76. The predicted molar refractivity (Wildman–Crippen MR) is 118 cm³/mol. The molecule has 2 heterocycles. The van der Waals surface area contributed by atoms with Gasteiger partial charge in [0.15, 0.2) is 0 Å². The van der Waals surface area contributed by atoms with Crippen LogP contribution in [-0.4, -0.2) is 15.0 Å². The van der Waals surface area contributed by atoms with Gasteiger partial charge in [0.25, 0.3) is 0 Å². The molecule has 1 unspecified atom stereocenters. The fourth-order valence-electron chi connectivity index (χ4n) is 3.08. The highest BCUT2D eigenvalue weighted by molar-refractivity contribution is 5.64. The van der Waals surface area contributed by atoms with Crippen molar-refractivity contribution >= 4 is 11.8 Å². The van der Waals surface area contributed by atoms with E-state index in [0.29, 0.717) is 12.5 Å². The van der Waals surface area contributed by atoms with Gasteiger partial charge in [-0.05, 0) is 24.6 Å². The Bertz CT molecular complexity index is 1040. The van der Waals surface area contributed by atoms with E-state index in [4.69, 9.17) is 4.98 Å². The van der Waals surface area contributed by atoms with Crippen LogP contribution in [0.3, 0.4) is 0 Å². The number of aromatic nitrogens is 3. The lowest BCUT2D eigenvalue weighted by atomic mass is 10.1. The van der Waals surface area contributed by atoms with E-state index in [0.717, 1.165) is 22.8 Å². The zero-order chi connectivity index (χ0) is 19.9. The van der Waals surface area contributed by atoms with Gasteiger partial charge in [0.2, 0.25) is 5.95 Å². The second-order valence-corrected chi connectivity index (χ2v) is 6.78. The molecule has 0 radical (unpaired) electrons. The molecule has 1 atom stereocenters. The van der Waals surface area contributed by atoms with Crippen molar-refractivity contribution in [1.29, 1.82) is 0 Å². The van der Waals surface area contributed by atoms with E-state index in [1.807, 2.05) is 60.7 Å². The molecule has 144 valence electrons. The number of anilines is 2. The zero-order valence-corrected chi connectivity index (χ0v) is 16.3. The van der Waals surface area contributed by atoms with E-state index in [9.17, 15) is 0 Å². The molecule has 5 nitrogen and oxygen atoms in total. The summed E-state index contributed by atoms with van der Waals surface area (Å²) in [5.41, 5.74) is 4.06. The molecule has 2 N–H and O–H groups in total. The Hall–Kier alpha value is -3.73. The van der Waals surface area contributed by atoms with Crippen LogP contribution in [0.2, 0.25) is 0 Å². The number of benzene rings is 2. The maximum absolute atomic E-state index is 4.71. The van der Waals surface area contributed by atoms with Gasteiger partial charge < -0.3 is 10.6 Å². The smallest absolute Gasteiger partial charge is 0.225 e. The summed E-state index contributed by atoms with van der Waals surface area (Å²) >= 11 is 0. The summed E-state index contributed by atoms with van der Waals surface area (Å²) in [6.45, 7) is 2.69. The largest absolute Gasteiger partial charge is 0.363 e. The Labute approximate surface area is 170 Å². The summed E-state index contributed by atoms with van der Waals surface area (Å²) in [5.74, 6) is 1.35. The molecule has 0 saturated carbocycles. The van der Waals surface area contributed by atoms with Crippen molar-refractivity contribution in [2.24, 2.45) is 0 Å². The molecule has 29 heavy (non-hydrogen) atoms. The molecule has 0 saturated heterocycles. The Morgan fingerprint density at radius 3 is 2.28 bits per heavy atom. The molecular weight excluding hydrogens is 358 g/mol. The summed E-state index contributed by atoms with van der Waals surface area (Å²) in [4.78, 5) is 13.7. The van der Waals surface area contributed by atoms with Gasteiger partial charge in [0.1, 0.15) is 5.82 Å². The van der Waals surface area contributed by atoms with Crippen LogP contribution in [0.1, 0.15) is 24.2 Å². The van der Waals surface area contributed by atoms with Crippen molar-refractivity contribution in [2.75, 3.05) is 10.6 Å². The van der Waals surface area contributed by atoms with Crippen LogP contribution in [-0.2, 0) is 6.54 Å². The topological polar surface area (TPSA) is 62.7 Å². The van der Waals surface area contributed by atoms with E-state index in [-0.39, 0.29) is 6.04 Å². The van der Waals surface area contributed by atoms with Gasteiger partial charge in [-0.1, -0.05) is 66.7 Å². The Balaban J connectivity index is 1.61. The highest BCUT2D eigenvalue weighted by Gasteiger charge is 2.10. The standard InChI is InChI=1S/C24H23N5/c1-18(19-10-4-2-5-11-19)27-23-16-22(20-12-6-3-7-13-20)28-24(29-23)26-17-21-14-8-9-15-25-21/h2-16,18H,17H2,1H3,(H2,26,27,28,29). The molecule has 2 aromatic carbocycles. The Morgan fingerprint density at radius 1 is 0.828 bits per heavy atom. The molecule has 2 aromatic heterocycles. The molecule has 4 aromatic rings. The monoisotopic (exact) mass is 381 g/mol. The molecule has 0 aliphatic rings. The van der Waals surface area contributed by atoms with Crippen molar-refractivity contribution in [1.82, 2.24) is 15.0 Å². The number of hydrogen-bond donors (Lipinski definition) is 2. The van der Waals surface area contributed by atoms with Crippen molar-refractivity contribution < 1.29 is 0 Å². The van der Waals surface area contributed by atoms with Crippen LogP contribution >= 0.6 is 0 Å². The van der Waals surface area contributed by atoms with Crippen molar-refractivity contribution in [3.05, 3.63) is 102 Å². The third-order valence-corrected chi connectivity index (χ3v) is 4.61. The van der Waals surface area contributed by atoms with Crippen LogP contribution in [0.5, 0.6) is 0 Å². The third-order valence-electron chi connectivity index (χ3n) is 4.61. The summed E-state index contributed by atoms with van der Waals surface area (Å²) in [6, 6.07) is 28.4. The van der Waals surface area contributed by atoms with E-state index in [1.54, 1.807) is 6.20 Å². The average Bonchev–Trinajstić information content (AvgIpc) is 2.79. The first-order chi connectivity index (χ1) is 14.3. The quantitative estimate of drug-likeness (QED) is 0.453. The van der Waals surface area contributed by atoms with Crippen LogP contribution < -0.4 is 10.6 Å². The predicted octanol–water partition coefficient (Wildman–Crippen LogP) is 5.32. The maximum Gasteiger partial charge on any atom is 0.225 e. The van der Waals surface area contributed by atoms with Gasteiger partial charge in [-0.2, -0.15) is 4.98 Å². The van der Waals surface area contributed by atoms with Gasteiger partial charge in [0.05, 0.1) is 17.9 Å². The number of rotatable bonds is 7. The van der Waals surface area contributed by atoms with E-state index >= 15 is 0 Å². The van der Waals surface area contributed by atoms with Crippen LogP contribution in [0.15, 0.2) is 91.1 Å². The molecule has 0 aliphatic heterocycles. The second kappa shape index (κ2) is 8.97. The number of hydrogen-bond acceptors (Lipinski definition) is 5. The average molecular weight is 381 g/mol. The van der Waals surface area contributed by atoms with Gasteiger partial charge >= 0.3 is 0 Å². The normalized spacial score (nSPS) is 11.6. The minimum Gasteiger partial charge on any atom is -0.363 e. The summed E-state index contributed by atoms with van der Waals surface area (Å²) < 4.78 is 0. The minimum atomic E-state index is 0.123. The lowest BCUT2D eigenvalue weighted by Crippen LogP contribution is -2.11. The molecule has 4 rings (SSSR count). The zero-order valence-electron chi connectivity index (χ0n) is 16.3. The maximum atomic E-state index is 4.71. The summed E-state index contributed by atoms with van der Waals surface area (Å²) in [5, 5.41) is 6.80. The van der Waals surface area contributed by atoms with Crippen molar-refractivity contribution in [3.63, 3.8) is 0 Å². The first-order valence-electron chi connectivity index (χ1n) is 9.68. The third kappa shape index (κ3) is 4.96. The highest BCUT2D eigenvalue weighted by Crippen LogP contribution is 2.24. The van der Waals surface area contributed by atoms with E-state index < -0.39 is 0 Å². The molecule has 0 fully saturated rings.